The van der Waals surface area contributed by atoms with E-state index < -0.39 is 0 Å². The average Bonchev–Trinajstić information content (AvgIpc) is 2.49. The number of azide groups is 1. The Bertz CT molecular complexity index is 428. The number of nitrogen functional groups attached to an aromatic ring is 1. The first-order chi connectivity index (χ1) is 6.31. The Labute approximate surface area is 72.1 Å². The SMILES string of the molecule is [N-]=[N+]=NC1=[N+]c2ncnc(N)c2N1. The van der Waals surface area contributed by atoms with E-state index in [9.17, 15) is 0 Å². The van der Waals surface area contributed by atoms with Crippen LogP contribution >= 0.6 is 0 Å². The summed E-state index contributed by atoms with van der Waals surface area (Å²) in [5, 5.41) is 5.96. The molecule has 0 amide bonds. The van der Waals surface area contributed by atoms with Crippen molar-refractivity contribution in [3.63, 3.8) is 0 Å². The van der Waals surface area contributed by atoms with Gasteiger partial charge in [-0.1, -0.05) is 4.99 Å². The minimum absolute atomic E-state index is 0.129. The molecule has 1 aromatic heterocycles. The minimum Gasteiger partial charge on any atom is -0.381 e. The fourth-order valence-electron chi connectivity index (χ4n) is 0.924. The predicted molar refractivity (Wildman–Crippen MR) is 46.0 cm³/mol. The van der Waals surface area contributed by atoms with Gasteiger partial charge in [0.15, 0.2) is 22.7 Å². The molecule has 63 valence electrons. The third-order valence-corrected chi connectivity index (χ3v) is 1.44. The Morgan fingerprint density at radius 3 is 3.15 bits per heavy atom. The van der Waals surface area contributed by atoms with E-state index >= 15 is 0 Å². The lowest BCUT2D eigenvalue weighted by Gasteiger charge is -1.92. The molecule has 0 aliphatic carbocycles. The maximum absolute atomic E-state index is 8.15. The van der Waals surface area contributed by atoms with E-state index in [0.29, 0.717) is 11.5 Å². The maximum Gasteiger partial charge on any atom is 0.469 e. The Balaban J connectivity index is 2.46. The second kappa shape index (κ2) is 2.61. The second-order valence-electron chi connectivity index (χ2n) is 2.21. The first-order valence-electron chi connectivity index (χ1n) is 3.32. The average molecular weight is 176 g/mol. The second-order valence-corrected chi connectivity index (χ2v) is 2.21. The number of fused-ring (bicyclic) bond motifs is 1. The first kappa shape index (κ1) is 7.32. The highest BCUT2D eigenvalue weighted by Gasteiger charge is 2.29. The van der Waals surface area contributed by atoms with Crippen LogP contribution in [-0.2, 0) is 0 Å². The summed E-state index contributed by atoms with van der Waals surface area (Å²) < 4.78 is 0. The van der Waals surface area contributed by atoms with Crippen LogP contribution < -0.4 is 16.0 Å². The predicted octanol–water partition coefficient (Wildman–Crippen LogP) is 0.118. The molecular weight excluding hydrogens is 172 g/mol. The molecule has 8 heteroatoms. The van der Waals surface area contributed by atoms with Crippen LogP contribution in [0.4, 0.5) is 17.3 Å². The molecule has 0 fully saturated rings. The molecule has 0 spiro atoms. The molecule has 0 bridgehead atoms. The molecule has 2 rings (SSSR count). The maximum atomic E-state index is 8.15. The van der Waals surface area contributed by atoms with Gasteiger partial charge in [-0.2, -0.15) is 0 Å². The number of rotatable bonds is 0. The van der Waals surface area contributed by atoms with Crippen molar-refractivity contribution in [3.05, 3.63) is 16.8 Å². The van der Waals surface area contributed by atoms with Gasteiger partial charge in [0.05, 0.1) is 0 Å². The van der Waals surface area contributed by atoms with Crippen LogP contribution in [0.2, 0.25) is 0 Å². The molecule has 0 aromatic carbocycles. The molecule has 1 aliphatic rings. The minimum atomic E-state index is 0.129. The molecule has 1 radical (unpaired) electrons. The third kappa shape index (κ3) is 1.10. The van der Waals surface area contributed by atoms with Crippen LogP contribution in [-0.4, -0.2) is 15.9 Å². The summed E-state index contributed by atoms with van der Waals surface area (Å²) in [5.74, 6) is 0.788. The van der Waals surface area contributed by atoms with Gasteiger partial charge < -0.3 is 5.73 Å². The van der Waals surface area contributed by atoms with Gasteiger partial charge in [0.25, 0.3) is 5.11 Å². The Morgan fingerprint density at radius 1 is 1.62 bits per heavy atom. The van der Waals surface area contributed by atoms with E-state index in [1.165, 1.54) is 6.33 Å². The van der Waals surface area contributed by atoms with Gasteiger partial charge in [0, 0.05) is 5.53 Å². The number of anilines is 2. The summed E-state index contributed by atoms with van der Waals surface area (Å²) >= 11 is 0. The van der Waals surface area contributed by atoms with Gasteiger partial charge in [-0.25, -0.2) is 10.3 Å². The zero-order chi connectivity index (χ0) is 9.26. The van der Waals surface area contributed by atoms with Crippen molar-refractivity contribution in [1.82, 2.24) is 15.0 Å². The number of aromatic nitrogens is 2. The molecule has 0 unspecified atom stereocenters. The number of aliphatic imine (C=N–C) groups is 1. The van der Waals surface area contributed by atoms with Gasteiger partial charge in [0.2, 0.25) is 0 Å². The number of nitrogens with one attached hydrogen (secondary N) is 1. The summed E-state index contributed by atoms with van der Waals surface area (Å²) in [6, 6.07) is 0. The largest absolute Gasteiger partial charge is 0.469 e. The van der Waals surface area contributed by atoms with E-state index in [-0.39, 0.29) is 11.8 Å². The fraction of sp³-hybridized carbons (Fsp3) is 0. The molecule has 13 heavy (non-hydrogen) atoms. The van der Waals surface area contributed by atoms with Gasteiger partial charge >= 0.3 is 11.8 Å². The molecule has 0 atom stereocenters. The standard InChI is InChI=1S/C5H4N8/c6-3-2-4(9-1-8-3)11-5(10-2)12-13-7/h1,10H,(H2,6,8,9)/q+1. The zero-order valence-corrected chi connectivity index (χ0v) is 6.34. The Morgan fingerprint density at radius 2 is 2.46 bits per heavy atom. The van der Waals surface area contributed by atoms with Crippen molar-refractivity contribution >= 4 is 23.3 Å². The van der Waals surface area contributed by atoms with Crippen LogP contribution in [0.1, 0.15) is 0 Å². The summed E-state index contributed by atoms with van der Waals surface area (Å²) in [4.78, 5) is 14.0. The monoisotopic (exact) mass is 176 g/mol. The highest BCUT2D eigenvalue weighted by atomic mass is 15.3. The molecule has 1 aliphatic heterocycles. The molecule has 2 heterocycles. The molecular formula is C5H4N8+. The number of hydrogen-bond donors (Lipinski definition) is 2. The van der Waals surface area contributed by atoms with Crippen molar-refractivity contribution in [2.75, 3.05) is 11.1 Å². The van der Waals surface area contributed by atoms with Crippen molar-refractivity contribution in [1.29, 1.82) is 0 Å². The van der Waals surface area contributed by atoms with E-state index in [1.807, 2.05) is 0 Å². The highest BCUT2D eigenvalue weighted by molar-refractivity contribution is 6.04. The number of nitrogens with zero attached hydrogens (tertiary/aromatic N) is 6. The van der Waals surface area contributed by atoms with E-state index in [2.05, 4.69) is 30.3 Å². The van der Waals surface area contributed by atoms with Crippen LogP contribution in [0.5, 0.6) is 0 Å². The molecule has 0 saturated carbocycles. The van der Waals surface area contributed by atoms with Crippen LogP contribution in [0, 0.1) is 0 Å². The van der Waals surface area contributed by atoms with Crippen LogP contribution in [0.3, 0.4) is 0 Å². The van der Waals surface area contributed by atoms with E-state index in [4.69, 9.17) is 11.3 Å². The van der Waals surface area contributed by atoms with E-state index in [1.54, 1.807) is 0 Å². The Hall–Kier alpha value is -2.34. The van der Waals surface area contributed by atoms with E-state index in [0.717, 1.165) is 0 Å². The van der Waals surface area contributed by atoms with Gasteiger partial charge in [0.1, 0.15) is 0 Å². The lowest BCUT2D eigenvalue weighted by molar-refractivity contribution is 1.15. The van der Waals surface area contributed by atoms with Crippen molar-refractivity contribution in [2.45, 2.75) is 0 Å². The molecule has 0 saturated heterocycles. The third-order valence-electron chi connectivity index (χ3n) is 1.44. The summed E-state index contributed by atoms with van der Waals surface area (Å²) in [7, 11) is 0. The fourth-order valence-corrected chi connectivity index (χ4v) is 0.924. The highest BCUT2D eigenvalue weighted by Crippen LogP contribution is 2.26. The summed E-state index contributed by atoms with van der Waals surface area (Å²) in [6.07, 6.45) is 1.29. The van der Waals surface area contributed by atoms with Crippen molar-refractivity contribution < 1.29 is 0 Å². The van der Waals surface area contributed by atoms with Crippen LogP contribution in [0.15, 0.2) is 11.4 Å². The number of nitrogens with two attached hydrogens (primary N) is 1. The van der Waals surface area contributed by atoms with Crippen LogP contribution in [0.25, 0.3) is 10.4 Å². The summed E-state index contributed by atoms with van der Waals surface area (Å²) in [5.41, 5.74) is 14.1. The lowest BCUT2D eigenvalue weighted by Crippen LogP contribution is -2.07. The number of guanidine groups is 1. The topological polar surface area (TPSA) is 127 Å². The van der Waals surface area contributed by atoms with Gasteiger partial charge in [-0.05, 0) is 0 Å². The van der Waals surface area contributed by atoms with Crippen molar-refractivity contribution in [3.8, 4) is 0 Å². The molecule has 3 N–H and O–H groups in total. The van der Waals surface area contributed by atoms with Gasteiger partial charge in [-0.3, -0.25) is 0 Å². The normalized spacial score (nSPS) is 12.5. The van der Waals surface area contributed by atoms with Gasteiger partial charge in [-0.15, -0.1) is 4.98 Å². The summed E-state index contributed by atoms with van der Waals surface area (Å²) in [6.45, 7) is 0. The zero-order valence-electron chi connectivity index (χ0n) is 6.34. The molecule has 8 nitrogen and oxygen atoms in total. The Kier molecular flexibility index (Phi) is 1.47. The first-order valence-corrected chi connectivity index (χ1v) is 3.32. The smallest absolute Gasteiger partial charge is 0.381 e. The lowest BCUT2D eigenvalue weighted by atomic mass is 10.4. The van der Waals surface area contributed by atoms with Crippen molar-refractivity contribution in [2.24, 2.45) is 5.11 Å². The number of hydrogen-bond acceptors (Lipinski definition) is 6. The molecule has 1 aromatic rings. The quantitative estimate of drug-likeness (QED) is 0.330.